The topological polar surface area (TPSA) is 49.4 Å². The molecule has 1 aromatic rings. The molecule has 1 aromatic heterocycles. The highest BCUT2D eigenvalue weighted by molar-refractivity contribution is 7.91. The van der Waals surface area contributed by atoms with Crippen LogP contribution < -0.4 is 5.32 Å². The SMILES string of the molecule is CCNCc1sc(S(=O)(=O)N2CCC(CC)CC2)cc1C. The van der Waals surface area contributed by atoms with Gasteiger partial charge in [-0.15, -0.1) is 11.3 Å². The van der Waals surface area contributed by atoms with Gasteiger partial charge in [0.2, 0.25) is 0 Å². The minimum atomic E-state index is -3.30. The Balaban J connectivity index is 2.13. The zero-order valence-electron chi connectivity index (χ0n) is 13.2. The molecule has 1 aliphatic heterocycles. The van der Waals surface area contributed by atoms with Gasteiger partial charge in [0.25, 0.3) is 10.0 Å². The van der Waals surface area contributed by atoms with Crippen LogP contribution in [0.5, 0.6) is 0 Å². The van der Waals surface area contributed by atoms with E-state index in [1.165, 1.54) is 11.3 Å². The zero-order chi connectivity index (χ0) is 15.5. The monoisotopic (exact) mass is 330 g/mol. The molecule has 1 saturated heterocycles. The van der Waals surface area contributed by atoms with Gasteiger partial charge in [-0.25, -0.2) is 8.42 Å². The molecule has 6 heteroatoms. The fourth-order valence-electron chi connectivity index (χ4n) is 2.71. The summed E-state index contributed by atoms with van der Waals surface area (Å²) in [6, 6.07) is 1.83. The van der Waals surface area contributed by atoms with Crippen LogP contribution >= 0.6 is 11.3 Å². The van der Waals surface area contributed by atoms with Crippen LogP contribution in [-0.4, -0.2) is 32.4 Å². The molecule has 0 aliphatic carbocycles. The number of rotatable bonds is 6. The minimum Gasteiger partial charge on any atom is -0.312 e. The second-order valence-corrected chi connectivity index (χ2v) is 9.01. The second kappa shape index (κ2) is 7.22. The third-order valence-electron chi connectivity index (χ3n) is 4.28. The summed E-state index contributed by atoms with van der Waals surface area (Å²) in [6.07, 6.45) is 3.13. The molecular weight excluding hydrogens is 304 g/mol. The van der Waals surface area contributed by atoms with E-state index in [0.717, 1.165) is 42.8 Å². The number of aryl methyl sites for hydroxylation is 1. The maximum absolute atomic E-state index is 12.7. The summed E-state index contributed by atoms with van der Waals surface area (Å²) in [6.45, 7) is 9.21. The highest BCUT2D eigenvalue weighted by Crippen LogP contribution is 2.31. The van der Waals surface area contributed by atoms with Gasteiger partial charge in [0, 0.05) is 24.5 Å². The van der Waals surface area contributed by atoms with Gasteiger partial charge in [0.05, 0.1) is 0 Å². The van der Waals surface area contributed by atoms with Crippen molar-refractivity contribution in [3.63, 3.8) is 0 Å². The van der Waals surface area contributed by atoms with Crippen LogP contribution in [0.2, 0.25) is 0 Å². The van der Waals surface area contributed by atoms with E-state index in [2.05, 4.69) is 19.2 Å². The summed E-state index contributed by atoms with van der Waals surface area (Å²) >= 11 is 1.41. The molecule has 0 aromatic carbocycles. The third kappa shape index (κ3) is 3.86. The van der Waals surface area contributed by atoms with Gasteiger partial charge in [-0.1, -0.05) is 20.3 Å². The van der Waals surface area contributed by atoms with Crippen molar-refractivity contribution in [1.82, 2.24) is 9.62 Å². The van der Waals surface area contributed by atoms with E-state index in [-0.39, 0.29) is 0 Å². The standard InChI is InChI=1S/C15H26N2O2S2/c1-4-13-6-8-17(9-7-13)21(18,19)15-10-12(3)14(20-15)11-16-5-2/h10,13,16H,4-9,11H2,1-3H3. The number of thiophene rings is 1. The molecule has 0 spiro atoms. The smallest absolute Gasteiger partial charge is 0.252 e. The van der Waals surface area contributed by atoms with Crippen molar-refractivity contribution in [1.29, 1.82) is 0 Å². The largest absolute Gasteiger partial charge is 0.312 e. The molecule has 0 bridgehead atoms. The highest BCUT2D eigenvalue weighted by Gasteiger charge is 2.30. The summed E-state index contributed by atoms with van der Waals surface area (Å²) in [5, 5.41) is 3.27. The lowest BCUT2D eigenvalue weighted by Gasteiger charge is -2.30. The van der Waals surface area contributed by atoms with Crippen molar-refractivity contribution in [3.05, 3.63) is 16.5 Å². The lowest BCUT2D eigenvalue weighted by atomic mass is 9.96. The average molecular weight is 331 g/mol. The summed E-state index contributed by atoms with van der Waals surface area (Å²) in [5.74, 6) is 0.686. The molecule has 0 radical (unpaired) electrons. The first-order valence-electron chi connectivity index (χ1n) is 7.79. The third-order valence-corrected chi connectivity index (χ3v) is 7.86. The molecule has 1 aliphatic rings. The molecule has 21 heavy (non-hydrogen) atoms. The molecule has 2 rings (SSSR count). The van der Waals surface area contributed by atoms with E-state index in [1.54, 1.807) is 4.31 Å². The molecule has 0 unspecified atom stereocenters. The average Bonchev–Trinajstić information content (AvgIpc) is 2.87. The first-order chi connectivity index (χ1) is 9.98. The number of hydrogen-bond donors (Lipinski definition) is 1. The van der Waals surface area contributed by atoms with E-state index < -0.39 is 10.0 Å². The van der Waals surface area contributed by atoms with Gasteiger partial charge >= 0.3 is 0 Å². The number of sulfonamides is 1. The molecule has 0 amide bonds. The molecule has 1 fully saturated rings. The maximum atomic E-state index is 12.7. The molecule has 0 saturated carbocycles. The van der Waals surface area contributed by atoms with Gasteiger partial charge in [-0.3, -0.25) is 0 Å². The van der Waals surface area contributed by atoms with Crippen LogP contribution in [0.1, 0.15) is 43.6 Å². The van der Waals surface area contributed by atoms with Gasteiger partial charge in [0.15, 0.2) is 0 Å². The van der Waals surface area contributed by atoms with Crippen molar-refractivity contribution in [3.8, 4) is 0 Å². The first-order valence-corrected chi connectivity index (χ1v) is 10.0. The molecule has 4 nitrogen and oxygen atoms in total. The van der Waals surface area contributed by atoms with E-state index in [1.807, 2.05) is 13.0 Å². The molecule has 2 heterocycles. The number of hydrogen-bond acceptors (Lipinski definition) is 4. The van der Waals surface area contributed by atoms with Gasteiger partial charge in [-0.05, 0) is 43.9 Å². The van der Waals surface area contributed by atoms with Crippen LogP contribution in [0.4, 0.5) is 0 Å². The Morgan fingerprint density at radius 2 is 2.00 bits per heavy atom. The number of nitrogens with zero attached hydrogens (tertiary/aromatic N) is 1. The normalized spacial score (nSPS) is 18.2. The molecular formula is C15H26N2O2S2. The van der Waals surface area contributed by atoms with Crippen LogP contribution in [-0.2, 0) is 16.6 Å². The van der Waals surface area contributed by atoms with Crippen molar-refractivity contribution in [2.45, 2.75) is 50.8 Å². The molecule has 120 valence electrons. The van der Waals surface area contributed by atoms with Crippen molar-refractivity contribution < 1.29 is 8.42 Å². The minimum absolute atomic E-state index is 0.503. The first kappa shape index (κ1) is 16.9. The Morgan fingerprint density at radius 3 is 2.57 bits per heavy atom. The Morgan fingerprint density at radius 1 is 1.33 bits per heavy atom. The number of nitrogens with one attached hydrogen (secondary N) is 1. The Hall–Kier alpha value is -0.430. The van der Waals surface area contributed by atoms with E-state index in [0.29, 0.717) is 23.2 Å². The summed E-state index contributed by atoms with van der Waals surface area (Å²) in [7, 11) is -3.30. The summed E-state index contributed by atoms with van der Waals surface area (Å²) in [5.41, 5.74) is 1.07. The maximum Gasteiger partial charge on any atom is 0.252 e. The van der Waals surface area contributed by atoms with Crippen LogP contribution in [0.25, 0.3) is 0 Å². The molecule has 0 atom stereocenters. The predicted molar refractivity (Wildman–Crippen MR) is 88.2 cm³/mol. The van der Waals surface area contributed by atoms with Crippen molar-refractivity contribution in [2.24, 2.45) is 5.92 Å². The van der Waals surface area contributed by atoms with Crippen molar-refractivity contribution >= 4 is 21.4 Å². The van der Waals surface area contributed by atoms with E-state index in [9.17, 15) is 8.42 Å². The fourth-order valence-corrected chi connectivity index (χ4v) is 5.90. The van der Waals surface area contributed by atoms with Crippen molar-refractivity contribution in [2.75, 3.05) is 19.6 Å². The van der Waals surface area contributed by atoms with Gasteiger partial charge in [-0.2, -0.15) is 4.31 Å². The van der Waals surface area contributed by atoms with Crippen LogP contribution in [0.3, 0.4) is 0 Å². The second-order valence-electron chi connectivity index (χ2n) is 5.71. The zero-order valence-corrected chi connectivity index (χ0v) is 14.8. The van der Waals surface area contributed by atoms with Crippen LogP contribution in [0, 0.1) is 12.8 Å². The fraction of sp³-hybridized carbons (Fsp3) is 0.733. The lowest BCUT2D eigenvalue weighted by Crippen LogP contribution is -2.38. The van der Waals surface area contributed by atoms with Crippen LogP contribution in [0.15, 0.2) is 10.3 Å². The van der Waals surface area contributed by atoms with E-state index >= 15 is 0 Å². The summed E-state index contributed by atoms with van der Waals surface area (Å²) in [4.78, 5) is 1.12. The van der Waals surface area contributed by atoms with Gasteiger partial charge in [0.1, 0.15) is 4.21 Å². The van der Waals surface area contributed by atoms with Gasteiger partial charge < -0.3 is 5.32 Å². The Bertz CT molecular complexity index is 558. The Labute approximate surface area is 132 Å². The predicted octanol–water partition coefficient (Wildman–Crippen LogP) is 2.98. The molecule has 1 N–H and O–H groups in total. The Kier molecular flexibility index (Phi) is 5.82. The quantitative estimate of drug-likeness (QED) is 0.872. The summed E-state index contributed by atoms with van der Waals surface area (Å²) < 4.78 is 27.6. The van der Waals surface area contributed by atoms with E-state index in [4.69, 9.17) is 0 Å². The highest BCUT2D eigenvalue weighted by atomic mass is 32.2. The lowest BCUT2D eigenvalue weighted by molar-refractivity contribution is 0.269. The number of piperidine rings is 1.